The fourth-order valence-corrected chi connectivity index (χ4v) is 2.26. The van der Waals surface area contributed by atoms with Gasteiger partial charge in [-0.2, -0.15) is 5.10 Å². The summed E-state index contributed by atoms with van der Waals surface area (Å²) in [5, 5.41) is 6.34. The molecular formula is C21H23N3O4. The zero-order chi connectivity index (χ0) is 20.5. The molecule has 2 aromatic rings. The number of carbonyl (C=O) groups is 2. The van der Waals surface area contributed by atoms with E-state index in [4.69, 9.17) is 9.47 Å². The lowest BCUT2D eigenvalue weighted by Gasteiger charge is -2.09. The first kappa shape index (κ1) is 20.7. The van der Waals surface area contributed by atoms with Crippen LogP contribution in [0.25, 0.3) is 0 Å². The normalized spacial score (nSPS) is 10.4. The van der Waals surface area contributed by atoms with Gasteiger partial charge >= 0.3 is 11.8 Å². The predicted molar refractivity (Wildman–Crippen MR) is 109 cm³/mol. The second-order valence-electron chi connectivity index (χ2n) is 5.96. The summed E-state index contributed by atoms with van der Waals surface area (Å²) in [5.74, 6) is -0.584. The van der Waals surface area contributed by atoms with Crippen molar-refractivity contribution >= 4 is 23.7 Å². The van der Waals surface area contributed by atoms with E-state index >= 15 is 0 Å². The number of nitrogens with one attached hydrogen (secondary N) is 2. The molecule has 0 saturated carbocycles. The van der Waals surface area contributed by atoms with E-state index in [1.165, 1.54) is 13.3 Å². The van der Waals surface area contributed by atoms with Gasteiger partial charge in [0.25, 0.3) is 0 Å². The summed E-state index contributed by atoms with van der Waals surface area (Å²) in [5.41, 5.74) is 5.53. The lowest BCUT2D eigenvalue weighted by atomic mass is 10.1. The van der Waals surface area contributed by atoms with Crippen LogP contribution >= 0.6 is 0 Å². The van der Waals surface area contributed by atoms with Crippen molar-refractivity contribution < 1.29 is 19.1 Å². The number of rotatable bonds is 7. The van der Waals surface area contributed by atoms with Gasteiger partial charge in [0.1, 0.15) is 6.61 Å². The van der Waals surface area contributed by atoms with Crippen LogP contribution in [-0.2, 0) is 9.59 Å². The molecule has 2 aromatic carbocycles. The number of methoxy groups -OCH3 is 1. The van der Waals surface area contributed by atoms with E-state index in [-0.39, 0.29) is 0 Å². The Hall–Kier alpha value is -3.61. The first-order chi connectivity index (χ1) is 13.4. The Kier molecular flexibility index (Phi) is 7.33. The molecule has 2 amide bonds. The molecule has 0 spiro atoms. The Morgan fingerprint density at radius 3 is 2.54 bits per heavy atom. The van der Waals surface area contributed by atoms with Gasteiger partial charge < -0.3 is 14.8 Å². The molecule has 0 bridgehead atoms. The highest BCUT2D eigenvalue weighted by Gasteiger charge is 2.13. The van der Waals surface area contributed by atoms with Gasteiger partial charge in [-0.15, -0.1) is 0 Å². The highest BCUT2D eigenvalue weighted by molar-refractivity contribution is 6.39. The molecule has 0 aromatic heterocycles. The molecule has 2 N–H and O–H groups in total. The molecule has 0 saturated heterocycles. The topological polar surface area (TPSA) is 89.0 Å². The van der Waals surface area contributed by atoms with Crippen molar-refractivity contribution in [3.63, 3.8) is 0 Å². The summed E-state index contributed by atoms with van der Waals surface area (Å²) >= 11 is 0. The van der Waals surface area contributed by atoms with Gasteiger partial charge in [-0.3, -0.25) is 9.59 Å². The summed E-state index contributed by atoms with van der Waals surface area (Å²) < 4.78 is 10.7. The minimum absolute atomic E-state index is 0.357. The molecule has 28 heavy (non-hydrogen) atoms. The first-order valence-corrected chi connectivity index (χ1v) is 8.58. The largest absolute Gasteiger partial charge is 0.493 e. The van der Waals surface area contributed by atoms with Gasteiger partial charge in [0, 0.05) is 5.69 Å². The number of ether oxygens (including phenoxy) is 2. The Balaban J connectivity index is 1.95. The van der Waals surface area contributed by atoms with Crippen molar-refractivity contribution in [2.75, 3.05) is 19.0 Å². The van der Waals surface area contributed by atoms with E-state index < -0.39 is 11.8 Å². The fourth-order valence-electron chi connectivity index (χ4n) is 2.26. The van der Waals surface area contributed by atoms with Gasteiger partial charge in [0.15, 0.2) is 11.5 Å². The van der Waals surface area contributed by atoms with Crippen LogP contribution in [0, 0.1) is 13.8 Å². The second-order valence-corrected chi connectivity index (χ2v) is 5.96. The van der Waals surface area contributed by atoms with Crippen molar-refractivity contribution in [1.29, 1.82) is 0 Å². The Bertz CT molecular complexity index is 907. The number of nitrogens with zero attached hydrogens (tertiary/aromatic N) is 1. The molecular weight excluding hydrogens is 358 g/mol. The molecule has 0 heterocycles. The molecule has 0 fully saturated rings. The maximum absolute atomic E-state index is 12.0. The van der Waals surface area contributed by atoms with E-state index in [0.717, 1.165) is 11.1 Å². The molecule has 2 rings (SSSR count). The third-order valence-corrected chi connectivity index (χ3v) is 3.90. The maximum Gasteiger partial charge on any atom is 0.329 e. The summed E-state index contributed by atoms with van der Waals surface area (Å²) in [7, 11) is 1.52. The van der Waals surface area contributed by atoms with Crippen molar-refractivity contribution in [2.45, 2.75) is 13.8 Å². The van der Waals surface area contributed by atoms with Crippen LogP contribution in [0.1, 0.15) is 16.7 Å². The smallest absolute Gasteiger partial charge is 0.329 e. The highest BCUT2D eigenvalue weighted by atomic mass is 16.5. The van der Waals surface area contributed by atoms with Crippen molar-refractivity contribution in [3.8, 4) is 11.5 Å². The molecule has 0 radical (unpaired) electrons. The lowest BCUT2D eigenvalue weighted by Crippen LogP contribution is -2.32. The van der Waals surface area contributed by atoms with Crippen LogP contribution in [0.3, 0.4) is 0 Å². The number of hydrogen-bond donors (Lipinski definition) is 2. The van der Waals surface area contributed by atoms with Crippen LogP contribution < -0.4 is 20.2 Å². The number of benzene rings is 2. The van der Waals surface area contributed by atoms with E-state index in [1.54, 1.807) is 36.4 Å². The van der Waals surface area contributed by atoms with Gasteiger partial charge in [-0.25, -0.2) is 5.43 Å². The minimum Gasteiger partial charge on any atom is -0.493 e. The number of aryl methyl sites for hydroxylation is 2. The second kappa shape index (κ2) is 9.91. The maximum atomic E-state index is 12.0. The van der Waals surface area contributed by atoms with Crippen LogP contribution in [-0.4, -0.2) is 31.7 Å². The number of anilines is 1. The first-order valence-electron chi connectivity index (χ1n) is 8.58. The summed E-state index contributed by atoms with van der Waals surface area (Å²) in [4.78, 5) is 23.8. The average molecular weight is 381 g/mol. The van der Waals surface area contributed by atoms with E-state index in [0.29, 0.717) is 29.4 Å². The summed E-state index contributed by atoms with van der Waals surface area (Å²) in [6.45, 7) is 7.85. The van der Waals surface area contributed by atoms with Crippen LogP contribution in [0.4, 0.5) is 5.69 Å². The third kappa shape index (κ3) is 5.70. The summed E-state index contributed by atoms with van der Waals surface area (Å²) in [6.07, 6.45) is 3.04. The van der Waals surface area contributed by atoms with E-state index in [9.17, 15) is 9.59 Å². The fraction of sp³-hybridized carbons (Fsp3) is 0.190. The van der Waals surface area contributed by atoms with Crippen molar-refractivity contribution in [2.24, 2.45) is 5.10 Å². The number of carbonyl (C=O) groups excluding carboxylic acids is 2. The molecule has 0 unspecified atom stereocenters. The quantitative estimate of drug-likeness (QED) is 0.334. The van der Waals surface area contributed by atoms with Crippen molar-refractivity contribution in [1.82, 2.24) is 5.43 Å². The van der Waals surface area contributed by atoms with Crippen LogP contribution in [0.15, 0.2) is 54.2 Å². The van der Waals surface area contributed by atoms with E-state index in [1.807, 2.05) is 19.9 Å². The molecule has 0 aliphatic heterocycles. The molecule has 146 valence electrons. The zero-order valence-electron chi connectivity index (χ0n) is 16.1. The zero-order valence-corrected chi connectivity index (χ0v) is 16.1. The van der Waals surface area contributed by atoms with Gasteiger partial charge in [-0.05, 0) is 60.9 Å². The number of amides is 2. The summed E-state index contributed by atoms with van der Waals surface area (Å²) in [6, 6.07) is 10.6. The highest BCUT2D eigenvalue weighted by Crippen LogP contribution is 2.27. The molecule has 7 nitrogen and oxygen atoms in total. The monoisotopic (exact) mass is 381 g/mol. The standard InChI is InChI=1S/C21H23N3O4/c1-5-10-28-18-9-7-16(12-19(18)27-4)13-22-24-21(26)20(25)23-17-8-6-14(2)15(3)11-17/h5-9,11-13H,1,10H2,2-4H3,(H,23,25)(H,24,26)/b22-13+. The third-order valence-electron chi connectivity index (χ3n) is 3.90. The minimum atomic E-state index is -0.868. The molecule has 7 heteroatoms. The van der Waals surface area contributed by atoms with Crippen LogP contribution in [0.2, 0.25) is 0 Å². The SMILES string of the molecule is C=CCOc1ccc(/C=N/NC(=O)C(=O)Nc2ccc(C)c(C)c2)cc1OC. The van der Waals surface area contributed by atoms with Crippen LogP contribution in [0.5, 0.6) is 11.5 Å². The molecule has 0 aliphatic rings. The lowest BCUT2D eigenvalue weighted by molar-refractivity contribution is -0.136. The van der Waals surface area contributed by atoms with E-state index in [2.05, 4.69) is 22.4 Å². The van der Waals surface area contributed by atoms with Gasteiger partial charge in [-0.1, -0.05) is 18.7 Å². The Labute approximate surface area is 164 Å². The molecule has 0 aliphatic carbocycles. The Morgan fingerprint density at radius 1 is 1.07 bits per heavy atom. The number of hydrazone groups is 1. The predicted octanol–water partition coefficient (Wildman–Crippen LogP) is 2.97. The van der Waals surface area contributed by atoms with Crippen molar-refractivity contribution in [3.05, 3.63) is 65.7 Å². The van der Waals surface area contributed by atoms with Gasteiger partial charge in [0.2, 0.25) is 0 Å². The van der Waals surface area contributed by atoms with Gasteiger partial charge in [0.05, 0.1) is 13.3 Å². The number of hydrogen-bond acceptors (Lipinski definition) is 5. The average Bonchev–Trinajstić information content (AvgIpc) is 2.69. The Morgan fingerprint density at radius 2 is 1.86 bits per heavy atom. The molecule has 0 atom stereocenters.